The highest BCUT2D eigenvalue weighted by atomic mass is 32.2. The lowest BCUT2D eigenvalue weighted by atomic mass is 9.89. The van der Waals surface area contributed by atoms with Gasteiger partial charge in [-0.15, -0.1) is 0 Å². The number of amides is 1. The number of nitrogens with one attached hydrogen (secondary N) is 1. The van der Waals surface area contributed by atoms with Crippen LogP contribution in [0, 0.1) is 5.82 Å². The molecule has 1 aliphatic rings. The van der Waals surface area contributed by atoms with Crippen molar-refractivity contribution in [2.45, 2.75) is 42.4 Å². The summed E-state index contributed by atoms with van der Waals surface area (Å²) in [5.74, 6) is -0.797. The second-order valence-electron chi connectivity index (χ2n) is 8.50. The normalized spacial score (nSPS) is 16.1. The van der Waals surface area contributed by atoms with Crippen LogP contribution in [-0.2, 0) is 11.8 Å². The van der Waals surface area contributed by atoms with Crippen LogP contribution in [0.25, 0.3) is 10.9 Å². The van der Waals surface area contributed by atoms with Crippen molar-refractivity contribution in [2.24, 2.45) is 7.05 Å². The Hall–Kier alpha value is -2.72. The predicted octanol–water partition coefficient (Wildman–Crippen LogP) is 5.46. The Balaban J connectivity index is 1.43. The van der Waals surface area contributed by atoms with Gasteiger partial charge in [0.05, 0.1) is 6.42 Å². The summed E-state index contributed by atoms with van der Waals surface area (Å²) >= 11 is 1.38. The number of aliphatic hydroxyl groups is 1. The van der Waals surface area contributed by atoms with E-state index in [9.17, 15) is 27.5 Å². The number of anilines is 1. The Morgan fingerprint density at radius 2 is 1.85 bits per heavy atom. The molecule has 2 heterocycles. The Labute approximate surface area is 198 Å². The molecule has 1 unspecified atom stereocenters. The molecule has 1 saturated heterocycles. The quantitative estimate of drug-likeness (QED) is 0.353. The van der Waals surface area contributed by atoms with E-state index >= 15 is 0 Å². The highest BCUT2D eigenvalue weighted by Crippen LogP contribution is 2.36. The van der Waals surface area contributed by atoms with Crippen LogP contribution in [0.4, 0.5) is 23.2 Å². The number of carbonyl (C=O) groups excluding carboxylic acids is 1. The predicted molar refractivity (Wildman–Crippen MR) is 124 cm³/mol. The second-order valence-corrected chi connectivity index (χ2v) is 9.38. The number of hydrogen-bond donors (Lipinski definition) is 2. The van der Waals surface area contributed by atoms with Crippen LogP contribution < -0.4 is 4.72 Å². The zero-order chi connectivity index (χ0) is 24.5. The highest BCUT2D eigenvalue weighted by molar-refractivity contribution is 8.00. The molecule has 1 amide bonds. The van der Waals surface area contributed by atoms with Crippen LogP contribution in [0.2, 0.25) is 0 Å². The van der Waals surface area contributed by atoms with E-state index in [0.717, 1.165) is 27.0 Å². The van der Waals surface area contributed by atoms with Crippen LogP contribution in [0.15, 0.2) is 53.6 Å². The van der Waals surface area contributed by atoms with Crippen molar-refractivity contribution in [3.8, 4) is 0 Å². The molecular weight excluding hydrogens is 470 g/mol. The summed E-state index contributed by atoms with van der Waals surface area (Å²) in [4.78, 5) is 14.5. The number of likely N-dealkylation sites (tertiary alicyclic amines) is 1. The lowest BCUT2D eigenvalue weighted by Gasteiger charge is -2.32. The largest absolute Gasteiger partial charge is 0.414 e. The van der Waals surface area contributed by atoms with Gasteiger partial charge in [-0.05, 0) is 78.7 Å². The van der Waals surface area contributed by atoms with Crippen LogP contribution in [0.5, 0.6) is 0 Å². The summed E-state index contributed by atoms with van der Waals surface area (Å²) in [5.41, 5.74) is 3.08. The third-order valence-corrected chi connectivity index (χ3v) is 7.00. The number of fused-ring (bicyclic) bond motifs is 1. The zero-order valence-electron chi connectivity index (χ0n) is 18.5. The van der Waals surface area contributed by atoms with Gasteiger partial charge in [0.1, 0.15) is 5.82 Å². The summed E-state index contributed by atoms with van der Waals surface area (Å²) in [7, 11) is 1.96. The van der Waals surface area contributed by atoms with E-state index in [1.165, 1.54) is 29.0 Å². The summed E-state index contributed by atoms with van der Waals surface area (Å²) < 4.78 is 56.1. The molecule has 0 radical (unpaired) electrons. The molecule has 0 saturated carbocycles. The maximum atomic E-state index is 13.1. The van der Waals surface area contributed by atoms with Crippen molar-refractivity contribution in [3.63, 3.8) is 0 Å². The number of rotatable bonds is 6. The SMILES string of the molecule is Cn1cc(C2CCN(C(=O)CC(O)C(F)(F)F)CC2)c2cc(NSc3ccc(F)cc3)ccc21. The molecule has 0 bridgehead atoms. The molecule has 182 valence electrons. The number of benzene rings is 2. The number of aromatic nitrogens is 1. The van der Waals surface area contributed by atoms with Crippen molar-refractivity contribution >= 4 is 34.4 Å². The standard InChI is InChI=1S/C24H25F4N3O2S/c1-30-14-20(15-8-10-31(11-9-15)23(33)13-22(32)24(26,27)28)19-12-17(4-7-21(19)30)29-34-18-5-2-16(25)3-6-18/h2-7,12,14-15,22,29,32H,8-11,13H2,1H3. The van der Waals surface area contributed by atoms with Crippen molar-refractivity contribution in [2.75, 3.05) is 17.8 Å². The van der Waals surface area contributed by atoms with Gasteiger partial charge in [0.15, 0.2) is 6.10 Å². The molecule has 3 aromatic rings. The molecule has 0 spiro atoms. The first-order valence-electron chi connectivity index (χ1n) is 10.9. The summed E-state index contributed by atoms with van der Waals surface area (Å²) in [5, 5.41) is 10.3. The average Bonchev–Trinajstić information content (AvgIpc) is 3.14. The summed E-state index contributed by atoms with van der Waals surface area (Å²) in [6.07, 6.45) is -5.03. The van der Waals surface area contributed by atoms with Crippen molar-refractivity contribution in [1.82, 2.24) is 9.47 Å². The molecule has 1 aliphatic heterocycles. The number of piperidine rings is 1. The van der Waals surface area contributed by atoms with E-state index in [-0.39, 0.29) is 11.7 Å². The summed E-state index contributed by atoms with van der Waals surface area (Å²) in [6.45, 7) is 0.700. The minimum absolute atomic E-state index is 0.167. The first kappa shape index (κ1) is 24.4. The van der Waals surface area contributed by atoms with Crippen molar-refractivity contribution < 1.29 is 27.5 Å². The van der Waals surface area contributed by atoms with Crippen molar-refractivity contribution in [3.05, 3.63) is 60.0 Å². The molecule has 2 aromatic carbocycles. The van der Waals surface area contributed by atoms with Gasteiger partial charge in [0.2, 0.25) is 5.91 Å². The first-order chi connectivity index (χ1) is 16.1. The molecule has 1 aromatic heterocycles. The Morgan fingerprint density at radius 1 is 1.18 bits per heavy atom. The molecule has 1 atom stereocenters. The van der Waals surface area contributed by atoms with Gasteiger partial charge < -0.3 is 19.3 Å². The fraction of sp³-hybridized carbons (Fsp3) is 0.375. The topological polar surface area (TPSA) is 57.5 Å². The Kier molecular flexibility index (Phi) is 7.09. The van der Waals surface area contributed by atoms with Gasteiger partial charge in [-0.3, -0.25) is 4.79 Å². The Bertz CT molecular complexity index is 1160. The molecule has 34 heavy (non-hydrogen) atoms. The van der Waals surface area contributed by atoms with E-state index in [1.54, 1.807) is 12.1 Å². The maximum Gasteiger partial charge on any atom is 0.414 e. The van der Waals surface area contributed by atoms with Crippen LogP contribution in [-0.4, -0.2) is 45.9 Å². The third-order valence-electron chi connectivity index (χ3n) is 6.15. The zero-order valence-corrected chi connectivity index (χ0v) is 19.3. The number of halogens is 4. The van der Waals surface area contributed by atoms with Gasteiger partial charge in [-0.1, -0.05) is 0 Å². The van der Waals surface area contributed by atoms with E-state index in [1.807, 2.05) is 23.7 Å². The summed E-state index contributed by atoms with van der Waals surface area (Å²) in [6, 6.07) is 12.2. The van der Waals surface area contributed by atoms with E-state index in [0.29, 0.717) is 25.9 Å². The monoisotopic (exact) mass is 495 g/mol. The fourth-order valence-electron chi connectivity index (χ4n) is 4.28. The second kappa shape index (κ2) is 9.87. The van der Waals surface area contributed by atoms with Gasteiger partial charge in [0.25, 0.3) is 0 Å². The molecule has 5 nitrogen and oxygen atoms in total. The number of aryl methyl sites for hydroxylation is 1. The number of aliphatic hydroxyl groups excluding tert-OH is 1. The molecule has 1 fully saturated rings. The van der Waals surface area contributed by atoms with Gasteiger partial charge >= 0.3 is 6.18 Å². The minimum atomic E-state index is -4.79. The fourth-order valence-corrected chi connectivity index (χ4v) is 4.92. The van der Waals surface area contributed by atoms with Crippen LogP contribution in [0.1, 0.15) is 30.7 Å². The molecule has 4 rings (SSSR count). The molecular formula is C24H25F4N3O2S. The van der Waals surface area contributed by atoms with Gasteiger partial charge in [-0.2, -0.15) is 13.2 Å². The van der Waals surface area contributed by atoms with Gasteiger partial charge in [0, 0.05) is 47.8 Å². The minimum Gasteiger partial charge on any atom is -0.383 e. The average molecular weight is 496 g/mol. The maximum absolute atomic E-state index is 13.1. The molecule has 0 aliphatic carbocycles. The number of nitrogens with zero attached hydrogens (tertiary/aromatic N) is 2. The first-order valence-corrected chi connectivity index (χ1v) is 11.7. The molecule has 10 heteroatoms. The van der Waals surface area contributed by atoms with E-state index in [2.05, 4.69) is 17.0 Å². The number of alkyl halides is 3. The van der Waals surface area contributed by atoms with Crippen molar-refractivity contribution in [1.29, 1.82) is 0 Å². The van der Waals surface area contributed by atoms with E-state index < -0.39 is 24.6 Å². The Morgan fingerprint density at radius 3 is 2.50 bits per heavy atom. The van der Waals surface area contributed by atoms with Crippen LogP contribution in [0.3, 0.4) is 0 Å². The van der Waals surface area contributed by atoms with Crippen LogP contribution >= 0.6 is 11.9 Å². The lowest BCUT2D eigenvalue weighted by molar-refractivity contribution is -0.207. The number of carbonyl (C=O) groups is 1. The van der Waals surface area contributed by atoms with Gasteiger partial charge in [-0.25, -0.2) is 4.39 Å². The molecule has 2 N–H and O–H groups in total. The number of hydrogen-bond acceptors (Lipinski definition) is 4. The third kappa shape index (κ3) is 5.50. The smallest absolute Gasteiger partial charge is 0.383 e. The highest BCUT2D eigenvalue weighted by Gasteiger charge is 2.40. The van der Waals surface area contributed by atoms with E-state index in [4.69, 9.17) is 0 Å². The lowest BCUT2D eigenvalue weighted by Crippen LogP contribution is -2.41.